The van der Waals surface area contributed by atoms with Crippen LogP contribution in [0.3, 0.4) is 0 Å². The van der Waals surface area contributed by atoms with Crippen LogP contribution in [-0.2, 0) is 0 Å². The Morgan fingerprint density at radius 2 is 1.90 bits per heavy atom. The second-order valence-electron chi connectivity index (χ2n) is 5.88. The third kappa shape index (κ3) is 5.04. The van der Waals surface area contributed by atoms with Crippen LogP contribution < -0.4 is 15.0 Å². The Labute approximate surface area is 123 Å². The molecule has 1 aromatic carbocycles. The van der Waals surface area contributed by atoms with Crippen molar-refractivity contribution < 1.29 is 4.74 Å². The van der Waals surface area contributed by atoms with E-state index < -0.39 is 0 Å². The number of hydrogen-bond acceptors (Lipinski definition) is 3. The van der Waals surface area contributed by atoms with Crippen LogP contribution in [0.4, 0.5) is 5.69 Å². The van der Waals surface area contributed by atoms with Crippen LogP contribution in [0.1, 0.15) is 38.5 Å². The average molecular weight is 276 g/mol. The molecular formula is C17H28N2O. The first-order chi connectivity index (χ1) is 9.75. The van der Waals surface area contributed by atoms with Gasteiger partial charge in [-0.1, -0.05) is 31.7 Å². The van der Waals surface area contributed by atoms with Crippen LogP contribution in [-0.4, -0.2) is 33.3 Å². The molecule has 0 heterocycles. The van der Waals surface area contributed by atoms with Crippen molar-refractivity contribution in [1.29, 1.82) is 0 Å². The number of nitrogens with zero attached hydrogens (tertiary/aromatic N) is 1. The van der Waals surface area contributed by atoms with E-state index in [9.17, 15) is 0 Å². The predicted molar refractivity (Wildman–Crippen MR) is 85.8 cm³/mol. The Morgan fingerprint density at radius 1 is 1.15 bits per heavy atom. The van der Waals surface area contributed by atoms with Crippen LogP contribution in [0.25, 0.3) is 0 Å². The molecule has 0 amide bonds. The van der Waals surface area contributed by atoms with E-state index in [1.165, 1.54) is 44.2 Å². The van der Waals surface area contributed by atoms with Gasteiger partial charge < -0.3 is 15.0 Å². The van der Waals surface area contributed by atoms with Crippen LogP contribution in [0.2, 0.25) is 0 Å². The zero-order valence-electron chi connectivity index (χ0n) is 12.9. The zero-order valence-corrected chi connectivity index (χ0v) is 12.9. The molecule has 0 aromatic heterocycles. The number of anilines is 1. The van der Waals surface area contributed by atoms with Gasteiger partial charge in [-0.25, -0.2) is 0 Å². The normalized spacial score (nSPS) is 16.7. The van der Waals surface area contributed by atoms with Gasteiger partial charge in [0.25, 0.3) is 0 Å². The minimum Gasteiger partial charge on any atom is -0.492 e. The largest absolute Gasteiger partial charge is 0.492 e. The average Bonchev–Trinajstić information content (AvgIpc) is 2.72. The van der Waals surface area contributed by atoms with Crippen molar-refractivity contribution in [3.63, 3.8) is 0 Å². The lowest BCUT2D eigenvalue weighted by Gasteiger charge is -2.17. The molecule has 20 heavy (non-hydrogen) atoms. The highest BCUT2D eigenvalue weighted by Gasteiger charge is 2.10. The Kier molecular flexibility index (Phi) is 6.19. The first-order valence-electron chi connectivity index (χ1n) is 7.89. The fourth-order valence-electron chi connectivity index (χ4n) is 2.77. The van der Waals surface area contributed by atoms with Gasteiger partial charge in [0, 0.05) is 38.4 Å². The molecule has 112 valence electrons. The molecule has 2 rings (SSSR count). The van der Waals surface area contributed by atoms with Crippen molar-refractivity contribution in [3.05, 3.63) is 24.3 Å². The molecule has 0 saturated heterocycles. The summed E-state index contributed by atoms with van der Waals surface area (Å²) in [5, 5.41) is 3.63. The molecule has 1 N–H and O–H groups in total. The van der Waals surface area contributed by atoms with E-state index >= 15 is 0 Å². The molecule has 1 saturated carbocycles. The van der Waals surface area contributed by atoms with Crippen molar-refractivity contribution in [3.8, 4) is 5.75 Å². The maximum absolute atomic E-state index is 5.83. The number of benzene rings is 1. The predicted octanol–water partition coefficient (Wildman–Crippen LogP) is 3.44. The van der Waals surface area contributed by atoms with Crippen LogP contribution >= 0.6 is 0 Å². The summed E-state index contributed by atoms with van der Waals surface area (Å²) in [4.78, 5) is 2.09. The number of rotatable bonds is 6. The minimum atomic E-state index is 0.703. The quantitative estimate of drug-likeness (QED) is 0.636. The second-order valence-corrected chi connectivity index (χ2v) is 5.88. The summed E-state index contributed by atoms with van der Waals surface area (Å²) in [5.41, 5.74) is 1.18. The van der Waals surface area contributed by atoms with E-state index in [2.05, 4.69) is 22.3 Å². The molecule has 1 aromatic rings. The summed E-state index contributed by atoms with van der Waals surface area (Å²) in [7, 11) is 4.10. The molecule has 1 fully saturated rings. The molecular weight excluding hydrogens is 248 g/mol. The number of nitrogens with one attached hydrogen (secondary N) is 1. The molecule has 1 aliphatic rings. The number of hydrogen-bond donors (Lipinski definition) is 1. The van der Waals surface area contributed by atoms with Gasteiger partial charge in [-0.15, -0.1) is 0 Å². The summed E-state index contributed by atoms with van der Waals surface area (Å²) in [6.45, 7) is 1.68. The smallest absolute Gasteiger partial charge is 0.121 e. The van der Waals surface area contributed by atoms with Gasteiger partial charge in [-0.2, -0.15) is 0 Å². The van der Waals surface area contributed by atoms with Gasteiger partial charge in [0.05, 0.1) is 0 Å². The van der Waals surface area contributed by atoms with Crippen LogP contribution in [0.15, 0.2) is 24.3 Å². The molecule has 0 radical (unpaired) electrons. The Bertz CT molecular complexity index is 384. The molecule has 0 atom stereocenters. The van der Waals surface area contributed by atoms with E-state index in [1.807, 2.05) is 26.2 Å². The van der Waals surface area contributed by atoms with Crippen molar-refractivity contribution in [2.24, 2.45) is 0 Å². The fraction of sp³-hybridized carbons (Fsp3) is 0.647. The highest BCUT2D eigenvalue weighted by atomic mass is 16.5. The van der Waals surface area contributed by atoms with E-state index in [0.717, 1.165) is 18.9 Å². The maximum atomic E-state index is 5.83. The van der Waals surface area contributed by atoms with Gasteiger partial charge in [0.2, 0.25) is 0 Å². The van der Waals surface area contributed by atoms with Gasteiger partial charge in [-0.05, 0) is 25.0 Å². The second kappa shape index (κ2) is 8.15. The van der Waals surface area contributed by atoms with E-state index in [-0.39, 0.29) is 0 Å². The summed E-state index contributed by atoms with van der Waals surface area (Å²) in [6, 6.07) is 8.96. The lowest BCUT2D eigenvalue weighted by molar-refractivity contribution is 0.300. The Hall–Kier alpha value is -1.22. The highest BCUT2D eigenvalue weighted by molar-refractivity contribution is 5.49. The van der Waals surface area contributed by atoms with Crippen molar-refractivity contribution >= 4 is 5.69 Å². The zero-order chi connectivity index (χ0) is 14.2. The molecule has 1 aliphatic carbocycles. The lowest BCUT2D eigenvalue weighted by atomic mass is 10.1. The van der Waals surface area contributed by atoms with Crippen molar-refractivity contribution in [2.45, 2.75) is 44.6 Å². The Morgan fingerprint density at radius 3 is 2.60 bits per heavy atom. The standard InChI is InChI=1S/C17H28N2O/c1-19(2)16-10-7-11-17(14-16)20-13-12-18-15-8-5-3-4-6-9-15/h7,10-11,14-15,18H,3-6,8-9,12-13H2,1-2H3. The highest BCUT2D eigenvalue weighted by Crippen LogP contribution is 2.19. The van der Waals surface area contributed by atoms with E-state index in [0.29, 0.717) is 6.04 Å². The minimum absolute atomic E-state index is 0.703. The van der Waals surface area contributed by atoms with E-state index in [4.69, 9.17) is 4.74 Å². The van der Waals surface area contributed by atoms with Gasteiger partial charge in [0.1, 0.15) is 12.4 Å². The Balaban J connectivity index is 1.68. The summed E-state index contributed by atoms with van der Waals surface area (Å²) in [5.74, 6) is 0.957. The molecule has 0 unspecified atom stereocenters. The summed E-state index contributed by atoms with van der Waals surface area (Å²) < 4.78 is 5.83. The van der Waals surface area contributed by atoms with Gasteiger partial charge in [0.15, 0.2) is 0 Å². The number of ether oxygens (including phenoxy) is 1. The molecule has 0 spiro atoms. The first-order valence-corrected chi connectivity index (χ1v) is 7.89. The molecule has 0 bridgehead atoms. The molecule has 3 nitrogen and oxygen atoms in total. The van der Waals surface area contributed by atoms with E-state index in [1.54, 1.807) is 0 Å². The third-order valence-electron chi connectivity index (χ3n) is 3.99. The molecule has 3 heteroatoms. The maximum Gasteiger partial charge on any atom is 0.121 e. The monoisotopic (exact) mass is 276 g/mol. The molecule has 0 aliphatic heterocycles. The van der Waals surface area contributed by atoms with Gasteiger partial charge >= 0.3 is 0 Å². The fourth-order valence-corrected chi connectivity index (χ4v) is 2.77. The van der Waals surface area contributed by atoms with Crippen molar-refractivity contribution in [2.75, 3.05) is 32.1 Å². The SMILES string of the molecule is CN(C)c1cccc(OCCNC2CCCCCC2)c1. The van der Waals surface area contributed by atoms with Crippen molar-refractivity contribution in [1.82, 2.24) is 5.32 Å². The first kappa shape index (κ1) is 15.2. The summed E-state index contributed by atoms with van der Waals surface area (Å²) in [6.07, 6.45) is 8.23. The van der Waals surface area contributed by atoms with Gasteiger partial charge in [-0.3, -0.25) is 0 Å². The van der Waals surface area contributed by atoms with Crippen LogP contribution in [0, 0.1) is 0 Å². The third-order valence-corrected chi connectivity index (χ3v) is 3.99. The van der Waals surface area contributed by atoms with Crippen LogP contribution in [0.5, 0.6) is 5.75 Å². The topological polar surface area (TPSA) is 24.5 Å². The summed E-state index contributed by atoms with van der Waals surface area (Å²) >= 11 is 0. The lowest BCUT2D eigenvalue weighted by Crippen LogP contribution is -2.32.